The van der Waals surface area contributed by atoms with Gasteiger partial charge in [0.15, 0.2) is 18.2 Å². The van der Waals surface area contributed by atoms with Gasteiger partial charge in [-0.15, -0.1) is 0 Å². The number of hydrogen-bond acceptors (Lipinski definition) is 5. The zero-order chi connectivity index (χ0) is 27.6. The summed E-state index contributed by atoms with van der Waals surface area (Å²) in [5, 5.41) is 8.69. The highest BCUT2D eigenvalue weighted by Crippen LogP contribution is 2.32. The predicted octanol–water partition coefficient (Wildman–Crippen LogP) is 6.75. The van der Waals surface area contributed by atoms with Crippen molar-refractivity contribution in [2.75, 3.05) is 19.8 Å². The summed E-state index contributed by atoms with van der Waals surface area (Å²) in [6.07, 6.45) is 0. The topological polar surface area (TPSA) is 74.2 Å². The summed E-state index contributed by atoms with van der Waals surface area (Å²) in [4.78, 5) is 10.6. The Hall–Kier alpha value is -4.36. The second-order valence-electron chi connectivity index (χ2n) is 9.08. The van der Waals surface area contributed by atoms with Gasteiger partial charge >= 0.3 is 5.97 Å². The number of ether oxygens (including phenoxy) is 4. The molecule has 0 aromatic heterocycles. The Balaban J connectivity index is 1.34. The summed E-state index contributed by atoms with van der Waals surface area (Å²) in [7, 11) is 0. The number of aryl methyl sites for hydroxylation is 2. The van der Waals surface area contributed by atoms with E-state index in [4.69, 9.17) is 24.1 Å². The second kappa shape index (κ2) is 13.4. The van der Waals surface area contributed by atoms with Gasteiger partial charge in [0.05, 0.1) is 13.2 Å². The first-order chi connectivity index (χ1) is 18.9. The van der Waals surface area contributed by atoms with Gasteiger partial charge in [-0.2, -0.15) is 0 Å². The molecule has 0 amide bonds. The van der Waals surface area contributed by atoms with Crippen LogP contribution in [0.4, 0.5) is 4.39 Å². The average Bonchev–Trinajstić information content (AvgIpc) is 2.91. The van der Waals surface area contributed by atoms with E-state index in [0.717, 1.165) is 39.1 Å². The Kier molecular flexibility index (Phi) is 9.53. The van der Waals surface area contributed by atoms with Crippen LogP contribution in [0.3, 0.4) is 0 Å². The molecule has 1 N–H and O–H groups in total. The van der Waals surface area contributed by atoms with E-state index in [1.807, 2.05) is 66.7 Å². The van der Waals surface area contributed by atoms with Gasteiger partial charge in [0.25, 0.3) is 0 Å². The first kappa shape index (κ1) is 27.7. The van der Waals surface area contributed by atoms with Crippen molar-refractivity contribution in [2.45, 2.75) is 27.1 Å². The van der Waals surface area contributed by atoms with E-state index in [9.17, 15) is 9.18 Å². The number of halogens is 1. The minimum atomic E-state index is -1.17. The second-order valence-corrected chi connectivity index (χ2v) is 9.08. The summed E-state index contributed by atoms with van der Waals surface area (Å²) in [6.45, 7) is 5.26. The molecule has 0 aliphatic rings. The Morgan fingerprint density at radius 3 is 2.21 bits per heavy atom. The summed E-state index contributed by atoms with van der Waals surface area (Å²) in [5.41, 5.74) is 6.41. The predicted molar refractivity (Wildman–Crippen MR) is 147 cm³/mol. The summed E-state index contributed by atoms with van der Waals surface area (Å²) < 4.78 is 36.5. The lowest BCUT2D eigenvalue weighted by Gasteiger charge is -2.15. The molecule has 0 saturated carbocycles. The maximum atomic E-state index is 14.2. The summed E-state index contributed by atoms with van der Waals surface area (Å²) >= 11 is 0. The fourth-order valence-corrected chi connectivity index (χ4v) is 4.26. The van der Waals surface area contributed by atoms with Crippen LogP contribution in [0.15, 0.2) is 84.9 Å². The first-order valence-electron chi connectivity index (χ1n) is 12.6. The van der Waals surface area contributed by atoms with Gasteiger partial charge < -0.3 is 24.1 Å². The zero-order valence-corrected chi connectivity index (χ0v) is 22.0. The van der Waals surface area contributed by atoms with Gasteiger partial charge in [0.1, 0.15) is 24.7 Å². The van der Waals surface area contributed by atoms with Gasteiger partial charge in [0, 0.05) is 6.07 Å². The normalized spacial score (nSPS) is 10.7. The molecule has 0 spiro atoms. The molecular weight excluding hydrogens is 499 g/mol. The van der Waals surface area contributed by atoms with E-state index in [-0.39, 0.29) is 12.4 Å². The lowest BCUT2D eigenvalue weighted by atomic mass is 9.94. The van der Waals surface area contributed by atoms with Crippen LogP contribution in [0.2, 0.25) is 0 Å². The molecule has 0 aliphatic heterocycles. The molecule has 4 aromatic carbocycles. The van der Waals surface area contributed by atoms with Crippen LogP contribution in [0.25, 0.3) is 11.1 Å². The van der Waals surface area contributed by atoms with Crippen molar-refractivity contribution in [1.82, 2.24) is 0 Å². The van der Waals surface area contributed by atoms with Crippen LogP contribution < -0.4 is 14.2 Å². The number of carbonyl (C=O) groups is 1. The minimum Gasteiger partial charge on any atom is -0.491 e. The Bertz CT molecular complexity index is 1380. The standard InChI is InChI=1S/C32H31FO6/c1-22-15-28(37-14-13-36-19-24-7-4-3-5-8-24)16-23(2)32(22)26-10-6-9-25(17-26)20-38-27-11-12-30(29(33)18-27)39-21-31(34)35/h3-12,15-18H,13-14,19-21H2,1-2H3,(H,34,35). The van der Waals surface area contributed by atoms with Gasteiger partial charge in [-0.3, -0.25) is 0 Å². The third kappa shape index (κ3) is 8.06. The van der Waals surface area contributed by atoms with Crippen molar-refractivity contribution in [3.63, 3.8) is 0 Å². The van der Waals surface area contributed by atoms with E-state index in [0.29, 0.717) is 25.6 Å². The summed E-state index contributed by atoms with van der Waals surface area (Å²) in [6, 6.07) is 26.2. The zero-order valence-electron chi connectivity index (χ0n) is 22.0. The fourth-order valence-electron chi connectivity index (χ4n) is 4.26. The number of aliphatic carboxylic acids is 1. The molecule has 0 bridgehead atoms. The molecular formula is C32H31FO6. The monoisotopic (exact) mass is 530 g/mol. The van der Waals surface area contributed by atoms with E-state index in [2.05, 4.69) is 13.8 Å². The van der Waals surface area contributed by atoms with E-state index < -0.39 is 18.4 Å². The number of hydrogen-bond donors (Lipinski definition) is 1. The van der Waals surface area contributed by atoms with Gasteiger partial charge in [-0.1, -0.05) is 48.5 Å². The van der Waals surface area contributed by atoms with Crippen LogP contribution in [-0.4, -0.2) is 30.9 Å². The van der Waals surface area contributed by atoms with Gasteiger partial charge in [-0.05, 0) is 77.6 Å². The number of carboxylic acid groups (broad SMARTS) is 1. The van der Waals surface area contributed by atoms with Crippen molar-refractivity contribution >= 4 is 5.97 Å². The van der Waals surface area contributed by atoms with E-state index in [1.165, 1.54) is 12.1 Å². The molecule has 0 radical (unpaired) electrons. The molecule has 0 aliphatic carbocycles. The van der Waals surface area contributed by atoms with Crippen molar-refractivity contribution in [2.24, 2.45) is 0 Å². The largest absolute Gasteiger partial charge is 0.491 e. The van der Waals surface area contributed by atoms with Crippen LogP contribution in [0, 0.1) is 19.7 Å². The highest BCUT2D eigenvalue weighted by atomic mass is 19.1. The molecule has 0 fully saturated rings. The molecule has 4 rings (SSSR count). The number of rotatable bonds is 13. The van der Waals surface area contributed by atoms with Crippen LogP contribution in [-0.2, 0) is 22.7 Å². The van der Waals surface area contributed by atoms with Gasteiger partial charge in [0.2, 0.25) is 0 Å². The van der Waals surface area contributed by atoms with E-state index in [1.54, 1.807) is 6.07 Å². The van der Waals surface area contributed by atoms with Crippen molar-refractivity contribution in [1.29, 1.82) is 0 Å². The fraction of sp³-hybridized carbons (Fsp3) is 0.219. The molecule has 202 valence electrons. The third-order valence-electron chi connectivity index (χ3n) is 5.99. The smallest absolute Gasteiger partial charge is 0.341 e. The van der Waals surface area contributed by atoms with Crippen LogP contribution in [0.1, 0.15) is 22.3 Å². The molecule has 7 heteroatoms. The highest BCUT2D eigenvalue weighted by Gasteiger charge is 2.11. The maximum absolute atomic E-state index is 14.2. The molecule has 0 heterocycles. The molecule has 39 heavy (non-hydrogen) atoms. The molecule has 0 unspecified atom stereocenters. The number of carboxylic acids is 1. The van der Waals surface area contributed by atoms with Gasteiger partial charge in [-0.25, -0.2) is 9.18 Å². The maximum Gasteiger partial charge on any atom is 0.341 e. The highest BCUT2D eigenvalue weighted by molar-refractivity contribution is 5.72. The van der Waals surface area contributed by atoms with Crippen molar-refractivity contribution in [3.05, 3.63) is 113 Å². The first-order valence-corrected chi connectivity index (χ1v) is 12.6. The van der Waals surface area contributed by atoms with Crippen LogP contribution in [0.5, 0.6) is 17.2 Å². The summed E-state index contributed by atoms with van der Waals surface area (Å²) in [5.74, 6) is -0.869. The minimum absolute atomic E-state index is 0.134. The molecule has 6 nitrogen and oxygen atoms in total. The lowest BCUT2D eigenvalue weighted by molar-refractivity contribution is -0.139. The van der Waals surface area contributed by atoms with E-state index >= 15 is 0 Å². The quantitative estimate of drug-likeness (QED) is 0.193. The third-order valence-corrected chi connectivity index (χ3v) is 5.99. The lowest BCUT2D eigenvalue weighted by Crippen LogP contribution is -2.10. The number of benzene rings is 4. The van der Waals surface area contributed by atoms with Crippen molar-refractivity contribution < 1.29 is 33.2 Å². The SMILES string of the molecule is Cc1cc(OCCOCc2ccccc2)cc(C)c1-c1cccc(COc2ccc(OCC(=O)O)c(F)c2)c1. The Morgan fingerprint density at radius 2 is 1.49 bits per heavy atom. The average molecular weight is 531 g/mol. The van der Waals surface area contributed by atoms with Crippen molar-refractivity contribution in [3.8, 4) is 28.4 Å². The molecule has 0 atom stereocenters. The molecule has 4 aromatic rings. The Labute approximate surface area is 227 Å². The molecule has 0 saturated heterocycles. The van der Waals surface area contributed by atoms with Crippen LogP contribution >= 0.6 is 0 Å². The Morgan fingerprint density at radius 1 is 0.744 bits per heavy atom.